The Kier molecular flexibility index (Phi) is 3.97. The molecule has 1 aliphatic rings. The average molecular weight is 312 g/mol. The zero-order valence-electron chi connectivity index (χ0n) is 12.4. The number of rotatable bonds is 3. The van der Waals surface area contributed by atoms with E-state index in [-0.39, 0.29) is 28.5 Å². The Balaban J connectivity index is 2.31. The molecule has 1 aliphatic heterocycles. The highest BCUT2D eigenvalue weighted by Crippen LogP contribution is 2.25. The molecule has 7 heteroatoms. The molecule has 1 unspecified atom stereocenters. The molecule has 0 spiro atoms. The number of hydrogen-bond acceptors (Lipinski definition) is 5. The van der Waals surface area contributed by atoms with Gasteiger partial charge in [0.05, 0.1) is 17.1 Å². The Bertz CT molecular complexity index is 662. The van der Waals surface area contributed by atoms with Crippen LogP contribution in [0.15, 0.2) is 12.1 Å². The summed E-state index contributed by atoms with van der Waals surface area (Å²) in [7, 11) is -2.99. The molecule has 116 valence electrons. The number of carbonyl (C=O) groups is 1. The van der Waals surface area contributed by atoms with Crippen molar-refractivity contribution in [3.63, 3.8) is 0 Å². The van der Waals surface area contributed by atoms with Gasteiger partial charge in [-0.25, -0.2) is 18.2 Å². The van der Waals surface area contributed by atoms with Crippen LogP contribution in [0.5, 0.6) is 0 Å². The Labute approximate surface area is 124 Å². The molecule has 0 amide bonds. The fraction of sp³-hybridized carbons (Fsp3) is 0.571. The lowest BCUT2D eigenvalue weighted by Crippen LogP contribution is -2.23. The van der Waals surface area contributed by atoms with Crippen LogP contribution < -0.4 is 5.32 Å². The van der Waals surface area contributed by atoms with Crippen LogP contribution in [0.3, 0.4) is 0 Å². The van der Waals surface area contributed by atoms with Crippen molar-refractivity contribution in [1.82, 2.24) is 4.98 Å². The largest absolute Gasteiger partial charge is 0.478 e. The van der Waals surface area contributed by atoms with E-state index >= 15 is 0 Å². The summed E-state index contributed by atoms with van der Waals surface area (Å²) in [6.07, 6.45) is 0.520. The number of nitrogens with one attached hydrogen (secondary N) is 1. The molecule has 2 rings (SSSR count). The summed E-state index contributed by atoms with van der Waals surface area (Å²) in [5, 5.41) is 12.2. The van der Waals surface area contributed by atoms with Crippen LogP contribution in [-0.2, 0) is 15.3 Å². The predicted molar refractivity (Wildman–Crippen MR) is 80.6 cm³/mol. The average Bonchev–Trinajstić information content (AvgIpc) is 2.67. The molecule has 2 N–H and O–H groups in total. The van der Waals surface area contributed by atoms with E-state index in [0.717, 1.165) is 0 Å². The van der Waals surface area contributed by atoms with E-state index in [1.807, 2.05) is 20.8 Å². The van der Waals surface area contributed by atoms with Crippen LogP contribution in [-0.4, -0.2) is 42.0 Å². The Morgan fingerprint density at radius 1 is 1.38 bits per heavy atom. The topological polar surface area (TPSA) is 96.4 Å². The van der Waals surface area contributed by atoms with Crippen LogP contribution in [0.2, 0.25) is 0 Å². The summed E-state index contributed by atoms with van der Waals surface area (Å²) in [6, 6.07) is 2.79. The SMILES string of the molecule is CC(C)(C)c1cc(C(=O)O)cc(NC2CCS(=O)(=O)C2)n1. The van der Waals surface area contributed by atoms with Crippen molar-refractivity contribution in [2.45, 2.75) is 38.6 Å². The van der Waals surface area contributed by atoms with Gasteiger partial charge in [-0.05, 0) is 18.6 Å². The van der Waals surface area contributed by atoms with Crippen molar-refractivity contribution in [2.75, 3.05) is 16.8 Å². The molecule has 1 aromatic rings. The van der Waals surface area contributed by atoms with E-state index in [1.54, 1.807) is 6.07 Å². The maximum absolute atomic E-state index is 11.5. The first-order valence-corrected chi connectivity index (χ1v) is 8.62. The number of carboxylic acids is 1. The Morgan fingerprint density at radius 2 is 2.05 bits per heavy atom. The number of hydrogen-bond donors (Lipinski definition) is 2. The van der Waals surface area contributed by atoms with Crippen molar-refractivity contribution in [3.8, 4) is 0 Å². The Hall–Kier alpha value is -1.63. The predicted octanol–water partition coefficient (Wildman–Crippen LogP) is 1.68. The maximum Gasteiger partial charge on any atom is 0.335 e. The fourth-order valence-corrected chi connectivity index (χ4v) is 3.90. The van der Waals surface area contributed by atoms with Crippen LogP contribution in [0, 0.1) is 0 Å². The van der Waals surface area contributed by atoms with Crippen molar-refractivity contribution < 1.29 is 18.3 Å². The first kappa shape index (κ1) is 15.8. The van der Waals surface area contributed by atoms with Gasteiger partial charge in [-0.2, -0.15) is 0 Å². The van der Waals surface area contributed by atoms with Gasteiger partial charge in [0.2, 0.25) is 0 Å². The van der Waals surface area contributed by atoms with E-state index in [1.165, 1.54) is 6.07 Å². The molecule has 2 heterocycles. The summed E-state index contributed by atoms with van der Waals surface area (Å²) < 4.78 is 23.0. The third-order valence-corrected chi connectivity index (χ3v) is 5.19. The van der Waals surface area contributed by atoms with Crippen molar-refractivity contribution in [3.05, 3.63) is 23.4 Å². The van der Waals surface area contributed by atoms with E-state index in [4.69, 9.17) is 0 Å². The van der Waals surface area contributed by atoms with Gasteiger partial charge >= 0.3 is 5.97 Å². The quantitative estimate of drug-likeness (QED) is 0.881. The lowest BCUT2D eigenvalue weighted by molar-refractivity contribution is 0.0696. The minimum Gasteiger partial charge on any atom is -0.478 e. The number of pyridine rings is 1. The number of sulfone groups is 1. The zero-order valence-corrected chi connectivity index (χ0v) is 13.2. The van der Waals surface area contributed by atoms with Gasteiger partial charge in [-0.1, -0.05) is 20.8 Å². The molecule has 1 saturated heterocycles. The minimum absolute atomic E-state index is 0.0663. The zero-order chi connectivity index (χ0) is 15.8. The summed E-state index contributed by atoms with van der Waals surface area (Å²) in [5.41, 5.74) is 0.521. The molecule has 0 radical (unpaired) electrons. The van der Waals surface area contributed by atoms with Crippen molar-refractivity contribution in [2.24, 2.45) is 0 Å². The molecule has 0 saturated carbocycles. The smallest absolute Gasteiger partial charge is 0.335 e. The van der Waals surface area contributed by atoms with Crippen LogP contribution in [0.1, 0.15) is 43.2 Å². The lowest BCUT2D eigenvalue weighted by Gasteiger charge is -2.20. The van der Waals surface area contributed by atoms with E-state index < -0.39 is 15.8 Å². The minimum atomic E-state index is -2.99. The first-order chi connectivity index (χ1) is 9.57. The second kappa shape index (κ2) is 5.29. The summed E-state index contributed by atoms with van der Waals surface area (Å²) in [6.45, 7) is 5.85. The number of carboxylic acid groups (broad SMARTS) is 1. The molecule has 1 atom stereocenters. The second-order valence-electron chi connectivity index (χ2n) is 6.43. The van der Waals surface area contributed by atoms with Crippen LogP contribution >= 0.6 is 0 Å². The highest BCUT2D eigenvalue weighted by atomic mass is 32.2. The summed E-state index contributed by atoms with van der Waals surface area (Å²) in [4.78, 5) is 15.7. The fourth-order valence-electron chi connectivity index (χ4n) is 2.23. The molecule has 0 aromatic carbocycles. The number of nitrogens with zero attached hydrogens (tertiary/aromatic N) is 1. The van der Waals surface area contributed by atoms with E-state index in [9.17, 15) is 18.3 Å². The number of aromatic nitrogens is 1. The Morgan fingerprint density at radius 3 is 2.52 bits per heavy atom. The molecule has 6 nitrogen and oxygen atoms in total. The van der Waals surface area contributed by atoms with Gasteiger partial charge in [-0.15, -0.1) is 0 Å². The highest BCUT2D eigenvalue weighted by molar-refractivity contribution is 7.91. The standard InChI is InChI=1S/C14H20N2O4S/c1-14(2,3)11-6-9(13(17)18)7-12(16-11)15-10-4-5-21(19,20)8-10/h6-7,10H,4-5,8H2,1-3H3,(H,15,16)(H,17,18). The van der Waals surface area contributed by atoms with Gasteiger partial charge < -0.3 is 10.4 Å². The molecule has 1 aromatic heterocycles. The monoisotopic (exact) mass is 312 g/mol. The van der Waals surface area contributed by atoms with Gasteiger partial charge in [-0.3, -0.25) is 0 Å². The van der Waals surface area contributed by atoms with Crippen molar-refractivity contribution in [1.29, 1.82) is 0 Å². The molecular formula is C14H20N2O4S. The highest BCUT2D eigenvalue weighted by Gasteiger charge is 2.28. The van der Waals surface area contributed by atoms with Gasteiger partial charge in [0.15, 0.2) is 9.84 Å². The maximum atomic E-state index is 11.5. The normalized spacial score (nSPS) is 21.2. The number of anilines is 1. The molecule has 0 aliphatic carbocycles. The second-order valence-corrected chi connectivity index (χ2v) is 8.65. The third-order valence-electron chi connectivity index (χ3n) is 3.43. The first-order valence-electron chi connectivity index (χ1n) is 6.80. The third kappa shape index (κ3) is 3.93. The van der Waals surface area contributed by atoms with Gasteiger partial charge in [0.25, 0.3) is 0 Å². The molecule has 0 bridgehead atoms. The summed E-state index contributed by atoms with van der Waals surface area (Å²) in [5.74, 6) is -0.376. The molecular weight excluding hydrogens is 292 g/mol. The van der Waals surface area contributed by atoms with E-state index in [2.05, 4.69) is 10.3 Å². The van der Waals surface area contributed by atoms with Crippen LogP contribution in [0.25, 0.3) is 0 Å². The van der Waals surface area contributed by atoms with E-state index in [0.29, 0.717) is 17.9 Å². The summed E-state index contributed by atoms with van der Waals surface area (Å²) >= 11 is 0. The van der Waals surface area contributed by atoms with Crippen LogP contribution in [0.4, 0.5) is 5.82 Å². The number of aromatic carboxylic acids is 1. The molecule has 21 heavy (non-hydrogen) atoms. The van der Waals surface area contributed by atoms with Crippen molar-refractivity contribution >= 4 is 21.6 Å². The lowest BCUT2D eigenvalue weighted by atomic mass is 9.90. The molecule has 1 fully saturated rings. The van der Waals surface area contributed by atoms with Gasteiger partial charge in [0, 0.05) is 17.2 Å². The van der Waals surface area contributed by atoms with Gasteiger partial charge in [0.1, 0.15) is 5.82 Å².